The molecular formula is C20H19ClN4O2. The van der Waals surface area contributed by atoms with Crippen molar-refractivity contribution in [1.82, 2.24) is 9.97 Å². The maximum Gasteiger partial charge on any atom is 0.258 e. The molecule has 3 aromatic rings. The fourth-order valence-electron chi connectivity index (χ4n) is 2.56. The molecule has 1 amide bonds. The summed E-state index contributed by atoms with van der Waals surface area (Å²) in [6.07, 6.45) is 2.93. The summed E-state index contributed by atoms with van der Waals surface area (Å²) in [5, 5.41) is 6.40. The SMILES string of the molecule is COc1ccc(Cl)cc1NC(=O)c1cnc(Nc2ccc(C)cc2C)nc1. The molecule has 0 aliphatic carbocycles. The van der Waals surface area contributed by atoms with Gasteiger partial charge in [-0.3, -0.25) is 4.79 Å². The quantitative estimate of drug-likeness (QED) is 0.665. The van der Waals surface area contributed by atoms with E-state index < -0.39 is 0 Å². The number of rotatable bonds is 5. The predicted molar refractivity (Wildman–Crippen MR) is 107 cm³/mol. The molecule has 0 aliphatic heterocycles. The number of hydrogen-bond acceptors (Lipinski definition) is 5. The predicted octanol–water partition coefficient (Wildman–Crippen LogP) is 4.75. The summed E-state index contributed by atoms with van der Waals surface area (Å²) in [6.45, 7) is 4.05. The Morgan fingerprint density at radius 2 is 1.78 bits per heavy atom. The van der Waals surface area contributed by atoms with E-state index in [9.17, 15) is 4.79 Å². The summed E-state index contributed by atoms with van der Waals surface area (Å²) in [5.41, 5.74) is 3.99. The van der Waals surface area contributed by atoms with Gasteiger partial charge in [0.15, 0.2) is 0 Å². The van der Waals surface area contributed by atoms with Crippen LogP contribution >= 0.6 is 11.6 Å². The van der Waals surface area contributed by atoms with E-state index in [2.05, 4.69) is 26.7 Å². The largest absolute Gasteiger partial charge is 0.495 e. The summed E-state index contributed by atoms with van der Waals surface area (Å²) in [5.74, 6) is 0.578. The Morgan fingerprint density at radius 3 is 2.44 bits per heavy atom. The monoisotopic (exact) mass is 382 g/mol. The number of halogens is 1. The minimum atomic E-state index is -0.353. The van der Waals surface area contributed by atoms with Gasteiger partial charge in [0.25, 0.3) is 5.91 Å². The number of hydrogen-bond donors (Lipinski definition) is 2. The number of amides is 1. The lowest BCUT2D eigenvalue weighted by atomic mass is 10.1. The number of aromatic nitrogens is 2. The molecule has 0 saturated carbocycles. The Kier molecular flexibility index (Phi) is 5.57. The van der Waals surface area contributed by atoms with E-state index >= 15 is 0 Å². The average molecular weight is 383 g/mol. The van der Waals surface area contributed by atoms with Gasteiger partial charge in [0.05, 0.1) is 18.4 Å². The maximum atomic E-state index is 12.4. The normalized spacial score (nSPS) is 10.4. The second-order valence-electron chi connectivity index (χ2n) is 6.04. The molecule has 0 bridgehead atoms. The standard InChI is InChI=1S/C20H19ClN4O2/c1-12-4-6-16(13(2)8-12)25-20-22-10-14(11-23-20)19(26)24-17-9-15(21)5-7-18(17)27-3/h4-11H,1-3H3,(H,24,26)(H,22,23,25). The number of ether oxygens (including phenoxy) is 1. The molecule has 3 rings (SSSR count). The summed E-state index contributed by atoms with van der Waals surface area (Å²) >= 11 is 5.98. The molecular weight excluding hydrogens is 364 g/mol. The van der Waals surface area contributed by atoms with Gasteiger partial charge in [-0.25, -0.2) is 9.97 Å². The molecule has 2 aromatic carbocycles. The van der Waals surface area contributed by atoms with Crippen LogP contribution < -0.4 is 15.4 Å². The van der Waals surface area contributed by atoms with Crippen LogP contribution in [0.1, 0.15) is 21.5 Å². The number of nitrogens with one attached hydrogen (secondary N) is 2. The van der Waals surface area contributed by atoms with Crippen LogP contribution in [0.4, 0.5) is 17.3 Å². The van der Waals surface area contributed by atoms with Crippen molar-refractivity contribution in [2.24, 2.45) is 0 Å². The van der Waals surface area contributed by atoms with Crippen LogP contribution in [0.15, 0.2) is 48.8 Å². The third kappa shape index (κ3) is 4.54. The van der Waals surface area contributed by atoms with Crippen LogP contribution in [-0.2, 0) is 0 Å². The van der Waals surface area contributed by atoms with Crippen LogP contribution in [0.25, 0.3) is 0 Å². The first-order chi connectivity index (χ1) is 13.0. The average Bonchev–Trinajstić information content (AvgIpc) is 2.65. The highest BCUT2D eigenvalue weighted by Crippen LogP contribution is 2.28. The number of anilines is 3. The van der Waals surface area contributed by atoms with E-state index in [0.717, 1.165) is 11.3 Å². The molecule has 0 saturated heterocycles. The van der Waals surface area contributed by atoms with Crippen molar-refractivity contribution < 1.29 is 9.53 Å². The van der Waals surface area contributed by atoms with Gasteiger partial charge < -0.3 is 15.4 Å². The van der Waals surface area contributed by atoms with Gasteiger partial charge >= 0.3 is 0 Å². The summed E-state index contributed by atoms with van der Waals surface area (Å²) in [7, 11) is 1.52. The van der Waals surface area contributed by atoms with Gasteiger partial charge in [-0.2, -0.15) is 0 Å². The van der Waals surface area contributed by atoms with E-state index in [-0.39, 0.29) is 5.91 Å². The Morgan fingerprint density at radius 1 is 1.04 bits per heavy atom. The van der Waals surface area contributed by atoms with Gasteiger partial charge in [0.1, 0.15) is 5.75 Å². The molecule has 0 atom stereocenters. The van der Waals surface area contributed by atoms with Crippen LogP contribution in [0.3, 0.4) is 0 Å². The van der Waals surface area contributed by atoms with Crippen LogP contribution in [-0.4, -0.2) is 23.0 Å². The van der Waals surface area contributed by atoms with Crippen molar-refractivity contribution in [2.45, 2.75) is 13.8 Å². The fraction of sp³-hybridized carbons (Fsp3) is 0.150. The van der Waals surface area contributed by atoms with E-state index in [1.807, 2.05) is 26.0 Å². The number of benzene rings is 2. The van der Waals surface area contributed by atoms with Crippen molar-refractivity contribution in [3.8, 4) is 5.75 Å². The highest BCUT2D eigenvalue weighted by Gasteiger charge is 2.12. The topological polar surface area (TPSA) is 76.1 Å². The highest BCUT2D eigenvalue weighted by atomic mass is 35.5. The smallest absolute Gasteiger partial charge is 0.258 e. The van der Waals surface area contributed by atoms with Crippen molar-refractivity contribution in [3.05, 3.63) is 70.5 Å². The zero-order chi connectivity index (χ0) is 19.4. The first-order valence-electron chi connectivity index (χ1n) is 8.27. The molecule has 0 radical (unpaired) electrons. The first kappa shape index (κ1) is 18.7. The molecule has 27 heavy (non-hydrogen) atoms. The van der Waals surface area contributed by atoms with Gasteiger partial charge in [0, 0.05) is 23.1 Å². The lowest BCUT2D eigenvalue weighted by molar-refractivity contribution is 0.102. The Hall–Kier alpha value is -3.12. The molecule has 1 heterocycles. The number of nitrogens with zero attached hydrogens (tertiary/aromatic N) is 2. The molecule has 1 aromatic heterocycles. The summed E-state index contributed by atoms with van der Waals surface area (Å²) in [4.78, 5) is 20.9. The van der Waals surface area contributed by atoms with Gasteiger partial charge in [0.2, 0.25) is 5.95 Å². The Labute approximate surface area is 162 Å². The molecule has 0 fully saturated rings. The van der Waals surface area contributed by atoms with Gasteiger partial charge in [-0.15, -0.1) is 0 Å². The maximum absolute atomic E-state index is 12.4. The van der Waals surface area contributed by atoms with Gasteiger partial charge in [-0.1, -0.05) is 29.3 Å². The second kappa shape index (κ2) is 8.05. The zero-order valence-corrected chi connectivity index (χ0v) is 16.0. The number of methoxy groups -OCH3 is 1. The first-order valence-corrected chi connectivity index (χ1v) is 8.65. The van der Waals surface area contributed by atoms with Crippen molar-refractivity contribution in [3.63, 3.8) is 0 Å². The van der Waals surface area contributed by atoms with Gasteiger partial charge in [-0.05, 0) is 43.7 Å². The molecule has 7 heteroatoms. The molecule has 138 valence electrons. The molecule has 0 spiro atoms. The lowest BCUT2D eigenvalue weighted by Gasteiger charge is -2.11. The van der Waals surface area contributed by atoms with E-state index in [1.165, 1.54) is 25.1 Å². The Bertz CT molecular complexity index is 974. The number of aryl methyl sites for hydroxylation is 2. The summed E-state index contributed by atoms with van der Waals surface area (Å²) < 4.78 is 5.23. The van der Waals surface area contributed by atoms with Crippen molar-refractivity contribution in [2.75, 3.05) is 17.7 Å². The van der Waals surface area contributed by atoms with Crippen LogP contribution in [0.2, 0.25) is 5.02 Å². The Balaban J connectivity index is 1.73. The lowest BCUT2D eigenvalue weighted by Crippen LogP contribution is -2.14. The van der Waals surface area contributed by atoms with Crippen molar-refractivity contribution >= 4 is 34.8 Å². The minimum absolute atomic E-state index is 0.322. The fourth-order valence-corrected chi connectivity index (χ4v) is 2.73. The zero-order valence-electron chi connectivity index (χ0n) is 15.2. The third-order valence-electron chi connectivity index (χ3n) is 3.95. The van der Waals surface area contributed by atoms with Crippen LogP contribution in [0, 0.1) is 13.8 Å². The third-order valence-corrected chi connectivity index (χ3v) is 4.19. The van der Waals surface area contributed by atoms with E-state index in [1.54, 1.807) is 18.2 Å². The van der Waals surface area contributed by atoms with E-state index in [0.29, 0.717) is 28.0 Å². The highest BCUT2D eigenvalue weighted by molar-refractivity contribution is 6.31. The van der Waals surface area contributed by atoms with E-state index in [4.69, 9.17) is 16.3 Å². The molecule has 6 nitrogen and oxygen atoms in total. The number of carbonyl (C=O) groups excluding carboxylic acids is 1. The summed E-state index contributed by atoms with van der Waals surface area (Å²) in [6, 6.07) is 11.0. The van der Waals surface area contributed by atoms with Crippen LogP contribution in [0.5, 0.6) is 5.75 Å². The molecule has 0 aliphatic rings. The number of carbonyl (C=O) groups is 1. The minimum Gasteiger partial charge on any atom is -0.495 e. The molecule has 0 unspecified atom stereocenters. The molecule has 2 N–H and O–H groups in total. The van der Waals surface area contributed by atoms with Crippen molar-refractivity contribution in [1.29, 1.82) is 0 Å². The second-order valence-corrected chi connectivity index (χ2v) is 6.47.